The molecule has 4 heteroatoms. The molecule has 2 N–H and O–H groups in total. The Bertz CT molecular complexity index is 583. The lowest BCUT2D eigenvalue weighted by Crippen LogP contribution is -2.39. The molecule has 2 bridgehead atoms. The number of amides is 1. The van der Waals surface area contributed by atoms with Crippen LogP contribution in [-0.4, -0.2) is 24.2 Å². The van der Waals surface area contributed by atoms with E-state index in [9.17, 15) is 9.90 Å². The van der Waals surface area contributed by atoms with Gasteiger partial charge in [0.25, 0.3) is 0 Å². The minimum absolute atomic E-state index is 0.150. The molecule has 1 amide bonds. The van der Waals surface area contributed by atoms with Crippen molar-refractivity contribution >= 4 is 5.91 Å². The molecule has 4 nitrogen and oxygen atoms in total. The maximum absolute atomic E-state index is 12.5. The van der Waals surface area contributed by atoms with Crippen LogP contribution in [0.4, 0.5) is 0 Å². The predicted octanol–water partition coefficient (Wildman–Crippen LogP) is 2.53. The number of hydrogen-bond donors (Lipinski definition) is 2. The lowest BCUT2D eigenvalue weighted by Gasteiger charge is -2.21. The summed E-state index contributed by atoms with van der Waals surface area (Å²) in [6.45, 7) is 1.87. The number of rotatable bonds is 5. The minimum atomic E-state index is -0.694. The minimum Gasteiger partial charge on any atom is -0.497 e. The Kier molecular flexibility index (Phi) is 3.60. The number of ether oxygens (including phenoxy) is 1. The van der Waals surface area contributed by atoms with Gasteiger partial charge in [-0.05, 0) is 67.6 Å². The molecule has 3 fully saturated rings. The van der Waals surface area contributed by atoms with Crippen LogP contribution in [0, 0.1) is 29.6 Å². The van der Waals surface area contributed by atoms with Crippen molar-refractivity contribution in [1.29, 1.82) is 0 Å². The van der Waals surface area contributed by atoms with Crippen LogP contribution in [0.2, 0.25) is 0 Å². The zero-order chi connectivity index (χ0) is 16.1. The predicted molar refractivity (Wildman–Crippen MR) is 86.9 cm³/mol. The number of benzene rings is 1. The highest BCUT2D eigenvalue weighted by Crippen LogP contribution is 2.69. The summed E-state index contributed by atoms with van der Waals surface area (Å²) >= 11 is 0. The van der Waals surface area contributed by atoms with Crippen LogP contribution in [0.3, 0.4) is 0 Å². The Morgan fingerprint density at radius 2 is 1.83 bits per heavy atom. The maximum atomic E-state index is 12.5. The normalized spacial score (nSPS) is 36.2. The first-order chi connectivity index (χ1) is 11.1. The van der Waals surface area contributed by atoms with Gasteiger partial charge in [-0.2, -0.15) is 0 Å². The quantitative estimate of drug-likeness (QED) is 0.878. The summed E-state index contributed by atoms with van der Waals surface area (Å²) in [4.78, 5) is 12.5. The lowest BCUT2D eigenvalue weighted by atomic mass is 10.0. The molecule has 6 atom stereocenters. The third-order valence-corrected chi connectivity index (χ3v) is 6.34. The van der Waals surface area contributed by atoms with E-state index in [4.69, 9.17) is 4.74 Å². The molecule has 0 aliphatic heterocycles. The summed E-state index contributed by atoms with van der Waals surface area (Å²) in [6.07, 6.45) is 3.29. The molecule has 0 aromatic heterocycles. The summed E-state index contributed by atoms with van der Waals surface area (Å²) in [5, 5.41) is 13.5. The summed E-state index contributed by atoms with van der Waals surface area (Å²) in [5.74, 6) is 3.99. The van der Waals surface area contributed by atoms with Crippen molar-refractivity contribution < 1.29 is 14.6 Å². The standard InChI is InChI=1S/C19H25NO3/c1-10(18(21)11-5-7-14(23-2)8-6-11)20-19(22)17-15-12-3-4-13(9-12)16(15)17/h5-8,10,12-13,15-18,21H,3-4,9H2,1-2H3,(H,20,22). The molecule has 6 unspecified atom stereocenters. The number of carbonyl (C=O) groups excluding carboxylic acids is 1. The topological polar surface area (TPSA) is 58.6 Å². The molecule has 0 spiro atoms. The molecule has 3 aliphatic rings. The Morgan fingerprint density at radius 1 is 1.22 bits per heavy atom. The molecule has 0 saturated heterocycles. The van der Waals surface area contributed by atoms with Crippen LogP contribution in [-0.2, 0) is 4.79 Å². The fourth-order valence-electron chi connectivity index (χ4n) is 5.16. The molecule has 1 aromatic carbocycles. The largest absolute Gasteiger partial charge is 0.497 e. The molecular formula is C19H25NO3. The van der Waals surface area contributed by atoms with Gasteiger partial charge in [-0.15, -0.1) is 0 Å². The number of hydrogen-bond acceptors (Lipinski definition) is 3. The highest BCUT2D eigenvalue weighted by atomic mass is 16.5. The maximum Gasteiger partial charge on any atom is 0.224 e. The fourth-order valence-corrected chi connectivity index (χ4v) is 5.16. The lowest BCUT2D eigenvalue weighted by molar-refractivity contribution is -0.124. The number of methoxy groups -OCH3 is 1. The second-order valence-corrected chi connectivity index (χ2v) is 7.53. The SMILES string of the molecule is COc1ccc(C(O)C(C)NC(=O)C2C3C4CCC(C4)C23)cc1. The average molecular weight is 315 g/mol. The van der Waals surface area contributed by atoms with Crippen LogP contribution in [0.15, 0.2) is 24.3 Å². The Labute approximate surface area is 137 Å². The van der Waals surface area contributed by atoms with E-state index < -0.39 is 6.10 Å². The fraction of sp³-hybridized carbons (Fsp3) is 0.632. The van der Waals surface area contributed by atoms with E-state index >= 15 is 0 Å². The molecule has 124 valence electrons. The highest BCUT2D eigenvalue weighted by Gasteiger charge is 2.67. The van der Waals surface area contributed by atoms with Gasteiger partial charge < -0.3 is 15.2 Å². The Hall–Kier alpha value is -1.55. The summed E-state index contributed by atoms with van der Waals surface area (Å²) in [6, 6.07) is 7.07. The first kappa shape index (κ1) is 15.0. The van der Waals surface area contributed by atoms with Gasteiger partial charge >= 0.3 is 0 Å². The van der Waals surface area contributed by atoms with Crippen LogP contribution in [0.25, 0.3) is 0 Å². The van der Waals surface area contributed by atoms with Crippen molar-refractivity contribution in [2.24, 2.45) is 29.6 Å². The van der Waals surface area contributed by atoms with Gasteiger partial charge in [-0.25, -0.2) is 0 Å². The number of aliphatic hydroxyl groups excluding tert-OH is 1. The molecule has 1 aromatic rings. The molecule has 3 aliphatic carbocycles. The van der Waals surface area contributed by atoms with E-state index in [1.54, 1.807) is 7.11 Å². The second kappa shape index (κ2) is 5.52. The molecule has 0 heterocycles. The van der Waals surface area contributed by atoms with E-state index in [1.807, 2.05) is 31.2 Å². The van der Waals surface area contributed by atoms with Crippen molar-refractivity contribution in [3.63, 3.8) is 0 Å². The van der Waals surface area contributed by atoms with Crippen molar-refractivity contribution in [3.8, 4) is 5.75 Å². The van der Waals surface area contributed by atoms with Gasteiger partial charge in [0, 0.05) is 5.92 Å². The molecule has 0 radical (unpaired) electrons. The van der Waals surface area contributed by atoms with Crippen molar-refractivity contribution in [2.75, 3.05) is 7.11 Å². The smallest absolute Gasteiger partial charge is 0.224 e. The number of fused-ring (bicyclic) bond motifs is 5. The summed E-state index contributed by atoms with van der Waals surface area (Å²) < 4.78 is 5.13. The zero-order valence-electron chi connectivity index (χ0n) is 13.7. The molecule has 3 saturated carbocycles. The van der Waals surface area contributed by atoms with E-state index in [1.165, 1.54) is 19.3 Å². The average Bonchev–Trinajstić information content (AvgIpc) is 3.02. The summed E-state index contributed by atoms with van der Waals surface area (Å²) in [7, 11) is 1.62. The van der Waals surface area contributed by atoms with Gasteiger partial charge in [-0.1, -0.05) is 12.1 Å². The molecule has 4 rings (SSSR count). The van der Waals surface area contributed by atoms with Gasteiger partial charge in [0.2, 0.25) is 5.91 Å². The van der Waals surface area contributed by atoms with E-state index in [-0.39, 0.29) is 17.9 Å². The third kappa shape index (κ3) is 2.44. The van der Waals surface area contributed by atoms with Gasteiger partial charge in [0.05, 0.1) is 19.3 Å². The highest BCUT2D eigenvalue weighted by molar-refractivity contribution is 5.83. The third-order valence-electron chi connectivity index (χ3n) is 6.34. The number of nitrogens with one attached hydrogen (secondary N) is 1. The van der Waals surface area contributed by atoms with Gasteiger partial charge in [0.15, 0.2) is 0 Å². The van der Waals surface area contributed by atoms with Crippen molar-refractivity contribution in [1.82, 2.24) is 5.32 Å². The van der Waals surface area contributed by atoms with Gasteiger partial charge in [0.1, 0.15) is 5.75 Å². The first-order valence-corrected chi connectivity index (χ1v) is 8.72. The number of carbonyl (C=O) groups is 1. The van der Waals surface area contributed by atoms with E-state index in [2.05, 4.69) is 5.32 Å². The molecule has 23 heavy (non-hydrogen) atoms. The Morgan fingerprint density at radius 3 is 2.39 bits per heavy atom. The second-order valence-electron chi connectivity index (χ2n) is 7.53. The monoisotopic (exact) mass is 315 g/mol. The zero-order valence-corrected chi connectivity index (χ0v) is 13.7. The van der Waals surface area contributed by atoms with E-state index in [0.717, 1.165) is 23.1 Å². The first-order valence-electron chi connectivity index (χ1n) is 8.72. The Balaban J connectivity index is 1.36. The number of aliphatic hydroxyl groups is 1. The van der Waals surface area contributed by atoms with Crippen LogP contribution in [0.1, 0.15) is 37.9 Å². The van der Waals surface area contributed by atoms with Crippen molar-refractivity contribution in [3.05, 3.63) is 29.8 Å². The molecular weight excluding hydrogens is 290 g/mol. The van der Waals surface area contributed by atoms with Crippen LogP contribution < -0.4 is 10.1 Å². The summed E-state index contributed by atoms with van der Waals surface area (Å²) in [5.41, 5.74) is 0.801. The van der Waals surface area contributed by atoms with Crippen LogP contribution in [0.5, 0.6) is 5.75 Å². The van der Waals surface area contributed by atoms with Gasteiger partial charge in [-0.3, -0.25) is 4.79 Å². The van der Waals surface area contributed by atoms with Crippen molar-refractivity contribution in [2.45, 2.75) is 38.3 Å². The van der Waals surface area contributed by atoms with Crippen LogP contribution >= 0.6 is 0 Å². The van der Waals surface area contributed by atoms with E-state index in [0.29, 0.717) is 11.8 Å².